The van der Waals surface area contributed by atoms with Gasteiger partial charge in [0.05, 0.1) is 5.52 Å². The number of carbonyl (C=O) groups excluding carboxylic acids is 1. The summed E-state index contributed by atoms with van der Waals surface area (Å²) >= 11 is 0.955. The normalized spacial score (nSPS) is 14.8. The zero-order valence-corrected chi connectivity index (χ0v) is 15.0. The van der Waals surface area contributed by atoms with Crippen molar-refractivity contribution in [1.29, 1.82) is 0 Å². The Kier molecular flexibility index (Phi) is 4.08. The number of aromatic amines is 1. The van der Waals surface area contributed by atoms with Gasteiger partial charge in [0.15, 0.2) is 5.52 Å². The predicted octanol–water partition coefficient (Wildman–Crippen LogP) is 0.646. The smallest absolute Gasteiger partial charge is 0.328 e. The van der Waals surface area contributed by atoms with Crippen LogP contribution in [0.4, 0.5) is 5.69 Å². The van der Waals surface area contributed by atoms with Crippen molar-refractivity contribution in [3.8, 4) is 0 Å². The summed E-state index contributed by atoms with van der Waals surface area (Å²) in [6.07, 6.45) is 0. The third-order valence-corrected chi connectivity index (χ3v) is 5.45. The van der Waals surface area contributed by atoms with Crippen molar-refractivity contribution in [1.82, 2.24) is 18.8 Å². The molecule has 0 atom stereocenters. The van der Waals surface area contributed by atoms with Crippen molar-refractivity contribution in [3.05, 3.63) is 56.0 Å². The van der Waals surface area contributed by atoms with Crippen LogP contribution in [0.5, 0.6) is 0 Å². The van der Waals surface area contributed by atoms with Gasteiger partial charge in [0.1, 0.15) is 4.88 Å². The Hall–Kier alpha value is -2.94. The molecule has 0 spiro atoms. The summed E-state index contributed by atoms with van der Waals surface area (Å²) in [6, 6.07) is 10.1. The van der Waals surface area contributed by atoms with E-state index in [1.807, 2.05) is 18.2 Å². The number of aromatic nitrogens is 3. The van der Waals surface area contributed by atoms with E-state index >= 15 is 0 Å². The van der Waals surface area contributed by atoms with Crippen molar-refractivity contribution in [2.75, 3.05) is 31.1 Å². The van der Waals surface area contributed by atoms with Gasteiger partial charge in [-0.25, -0.2) is 4.79 Å². The Labute approximate surface area is 152 Å². The molecule has 9 heteroatoms. The molecule has 1 fully saturated rings. The van der Waals surface area contributed by atoms with E-state index in [4.69, 9.17) is 0 Å². The molecule has 1 amide bonds. The van der Waals surface area contributed by atoms with Crippen LogP contribution < -0.4 is 16.1 Å². The number of nitrogens with one attached hydrogen (secondary N) is 1. The number of hydrogen-bond donors (Lipinski definition) is 1. The number of fused-ring (bicyclic) bond motifs is 1. The maximum absolute atomic E-state index is 12.9. The summed E-state index contributed by atoms with van der Waals surface area (Å²) in [6.45, 7) is 2.60. The van der Waals surface area contributed by atoms with Gasteiger partial charge in [-0.2, -0.15) is 4.37 Å². The number of amides is 1. The summed E-state index contributed by atoms with van der Waals surface area (Å²) in [4.78, 5) is 43.7. The molecule has 0 unspecified atom stereocenters. The van der Waals surface area contributed by atoms with Crippen molar-refractivity contribution >= 4 is 34.2 Å². The van der Waals surface area contributed by atoms with E-state index < -0.39 is 11.2 Å². The lowest BCUT2D eigenvalue weighted by molar-refractivity contribution is 0.0753. The van der Waals surface area contributed by atoms with Gasteiger partial charge in [0.2, 0.25) is 0 Å². The number of benzene rings is 1. The molecular formula is C17H17N5O3S. The van der Waals surface area contributed by atoms with Gasteiger partial charge in [-0.1, -0.05) is 18.2 Å². The number of para-hydroxylation sites is 1. The van der Waals surface area contributed by atoms with Crippen LogP contribution in [0.3, 0.4) is 0 Å². The number of H-pyrrole nitrogens is 1. The summed E-state index contributed by atoms with van der Waals surface area (Å²) in [5, 5.41) is 0. The number of piperazine rings is 1. The van der Waals surface area contributed by atoms with Gasteiger partial charge in [0.25, 0.3) is 11.5 Å². The van der Waals surface area contributed by atoms with Crippen LogP contribution in [0.1, 0.15) is 9.67 Å². The lowest BCUT2D eigenvalue weighted by Gasteiger charge is -2.35. The predicted molar refractivity (Wildman–Crippen MR) is 100 cm³/mol. The molecule has 1 saturated heterocycles. The topological polar surface area (TPSA) is 91.3 Å². The Balaban J connectivity index is 1.57. The van der Waals surface area contributed by atoms with E-state index in [2.05, 4.69) is 26.4 Å². The second-order valence-electron chi connectivity index (χ2n) is 6.14. The van der Waals surface area contributed by atoms with E-state index in [-0.39, 0.29) is 16.9 Å². The van der Waals surface area contributed by atoms with Gasteiger partial charge in [-0.05, 0) is 23.7 Å². The molecule has 3 heterocycles. The Morgan fingerprint density at radius 1 is 1.12 bits per heavy atom. The van der Waals surface area contributed by atoms with Gasteiger partial charge in [-0.3, -0.25) is 14.2 Å². The van der Waals surface area contributed by atoms with E-state index in [1.54, 1.807) is 4.90 Å². The standard InChI is InChI=1S/C17H17N5O3S/c1-20-15(23)13-12(18-17(20)25)14(26-19-13)16(24)22-9-7-21(8-10-22)11-5-3-2-4-6-11/h2-6H,7-10H2,1H3,(H,18,25). The second-order valence-corrected chi connectivity index (χ2v) is 6.92. The molecule has 1 N–H and O–H groups in total. The van der Waals surface area contributed by atoms with Crippen LogP contribution in [-0.4, -0.2) is 50.9 Å². The minimum absolute atomic E-state index is 0.128. The molecule has 8 nitrogen and oxygen atoms in total. The van der Waals surface area contributed by atoms with Gasteiger partial charge >= 0.3 is 5.69 Å². The molecule has 0 saturated carbocycles. The highest BCUT2D eigenvalue weighted by Crippen LogP contribution is 2.21. The van der Waals surface area contributed by atoms with Crippen molar-refractivity contribution in [2.45, 2.75) is 0 Å². The molecular weight excluding hydrogens is 354 g/mol. The lowest BCUT2D eigenvalue weighted by atomic mass is 10.2. The van der Waals surface area contributed by atoms with E-state index in [9.17, 15) is 14.4 Å². The van der Waals surface area contributed by atoms with Crippen LogP contribution in [-0.2, 0) is 7.05 Å². The minimum atomic E-state index is -0.550. The second kappa shape index (κ2) is 6.41. The molecule has 2 aromatic heterocycles. The Morgan fingerprint density at radius 3 is 2.50 bits per heavy atom. The molecule has 0 radical (unpaired) electrons. The summed E-state index contributed by atoms with van der Waals surface area (Å²) in [5.74, 6) is -0.200. The SMILES string of the molecule is Cn1c(=O)[nH]c2c(C(=O)N3CCN(c4ccccc4)CC3)snc2c1=O. The molecule has 134 valence electrons. The first-order valence-corrected chi connectivity index (χ1v) is 9.01. The largest absolute Gasteiger partial charge is 0.368 e. The number of rotatable bonds is 2. The lowest BCUT2D eigenvalue weighted by Crippen LogP contribution is -2.48. The maximum Gasteiger partial charge on any atom is 0.328 e. The fourth-order valence-electron chi connectivity index (χ4n) is 3.09. The minimum Gasteiger partial charge on any atom is -0.368 e. The third kappa shape index (κ3) is 2.70. The summed E-state index contributed by atoms with van der Waals surface area (Å²) in [5.41, 5.74) is 0.455. The first-order valence-electron chi connectivity index (χ1n) is 8.24. The van der Waals surface area contributed by atoms with Crippen LogP contribution in [0.25, 0.3) is 11.0 Å². The van der Waals surface area contributed by atoms with Crippen LogP contribution in [0.15, 0.2) is 39.9 Å². The molecule has 0 bridgehead atoms. The number of hydrogen-bond acceptors (Lipinski definition) is 6. The van der Waals surface area contributed by atoms with Crippen molar-refractivity contribution < 1.29 is 4.79 Å². The molecule has 3 aromatic rings. The highest BCUT2D eigenvalue weighted by Gasteiger charge is 2.26. The molecule has 4 rings (SSSR count). The molecule has 26 heavy (non-hydrogen) atoms. The molecule has 1 aliphatic rings. The number of nitrogens with zero attached hydrogens (tertiary/aromatic N) is 4. The first kappa shape index (κ1) is 16.5. The zero-order valence-electron chi connectivity index (χ0n) is 14.1. The average molecular weight is 371 g/mol. The van der Waals surface area contributed by atoms with Gasteiger partial charge in [-0.15, -0.1) is 0 Å². The Bertz CT molecular complexity index is 1080. The summed E-state index contributed by atoms with van der Waals surface area (Å²) in [7, 11) is 1.38. The fraction of sp³-hybridized carbons (Fsp3) is 0.294. The van der Waals surface area contributed by atoms with Gasteiger partial charge < -0.3 is 14.8 Å². The monoisotopic (exact) mass is 371 g/mol. The van der Waals surface area contributed by atoms with E-state index in [1.165, 1.54) is 7.05 Å². The van der Waals surface area contributed by atoms with Crippen LogP contribution in [0.2, 0.25) is 0 Å². The number of anilines is 1. The first-order chi connectivity index (χ1) is 12.6. The third-order valence-electron chi connectivity index (χ3n) is 4.62. The molecule has 1 aliphatic heterocycles. The highest BCUT2D eigenvalue weighted by atomic mass is 32.1. The quantitative estimate of drug-likeness (QED) is 0.714. The zero-order chi connectivity index (χ0) is 18.3. The van der Waals surface area contributed by atoms with Crippen LogP contribution in [0, 0.1) is 0 Å². The number of carbonyl (C=O) groups is 1. The van der Waals surface area contributed by atoms with E-state index in [0.29, 0.717) is 18.0 Å². The maximum atomic E-state index is 12.9. The van der Waals surface area contributed by atoms with Gasteiger partial charge in [0, 0.05) is 38.9 Å². The molecule has 1 aromatic carbocycles. The Morgan fingerprint density at radius 2 is 1.81 bits per heavy atom. The van der Waals surface area contributed by atoms with Crippen molar-refractivity contribution in [3.63, 3.8) is 0 Å². The highest BCUT2D eigenvalue weighted by molar-refractivity contribution is 7.09. The fourth-order valence-corrected chi connectivity index (χ4v) is 3.89. The van der Waals surface area contributed by atoms with Crippen molar-refractivity contribution in [2.24, 2.45) is 7.05 Å². The summed E-state index contributed by atoms with van der Waals surface area (Å²) < 4.78 is 5.03. The average Bonchev–Trinajstić information content (AvgIpc) is 3.10. The van der Waals surface area contributed by atoms with E-state index in [0.717, 1.165) is 34.9 Å². The molecule has 0 aliphatic carbocycles. The van der Waals surface area contributed by atoms with Crippen LogP contribution >= 0.6 is 11.5 Å².